The van der Waals surface area contributed by atoms with Gasteiger partial charge in [-0.25, -0.2) is 9.97 Å². The molecule has 0 aromatic carbocycles. The maximum atomic E-state index is 5.49. The molecule has 0 spiro atoms. The molecular formula is C21H27N7OS. The van der Waals surface area contributed by atoms with Gasteiger partial charge < -0.3 is 14.6 Å². The van der Waals surface area contributed by atoms with Gasteiger partial charge in [-0.3, -0.25) is 4.90 Å². The van der Waals surface area contributed by atoms with E-state index in [1.54, 1.807) is 0 Å². The van der Waals surface area contributed by atoms with Gasteiger partial charge in [-0.1, -0.05) is 0 Å². The summed E-state index contributed by atoms with van der Waals surface area (Å²) in [4.78, 5) is 15.0. The molecule has 2 aliphatic heterocycles. The predicted molar refractivity (Wildman–Crippen MR) is 116 cm³/mol. The summed E-state index contributed by atoms with van der Waals surface area (Å²) in [5.41, 5.74) is 1.47. The van der Waals surface area contributed by atoms with E-state index in [1.165, 1.54) is 35.1 Å². The van der Waals surface area contributed by atoms with E-state index < -0.39 is 0 Å². The number of aromatic nitrogens is 5. The molecule has 8 nitrogen and oxygen atoms in total. The number of rotatable bonds is 5. The van der Waals surface area contributed by atoms with Crippen LogP contribution in [-0.4, -0.2) is 55.9 Å². The largest absolute Gasteiger partial charge is 0.379 e. The van der Waals surface area contributed by atoms with E-state index in [9.17, 15) is 0 Å². The fourth-order valence-electron chi connectivity index (χ4n) is 4.86. The van der Waals surface area contributed by atoms with Gasteiger partial charge in [0.15, 0.2) is 5.82 Å². The molecule has 0 radical (unpaired) electrons. The number of aryl methyl sites for hydroxylation is 3. The first kappa shape index (κ1) is 18.7. The third-order valence-corrected chi connectivity index (χ3v) is 7.62. The van der Waals surface area contributed by atoms with Crippen LogP contribution in [0.3, 0.4) is 0 Å². The van der Waals surface area contributed by atoms with E-state index in [0.717, 1.165) is 86.8 Å². The number of hydrogen-bond donors (Lipinski definition) is 1. The van der Waals surface area contributed by atoms with E-state index in [0.29, 0.717) is 6.54 Å². The van der Waals surface area contributed by atoms with E-state index in [1.807, 2.05) is 11.3 Å². The molecule has 1 aliphatic carbocycles. The molecule has 158 valence electrons. The van der Waals surface area contributed by atoms with Gasteiger partial charge in [-0.05, 0) is 37.7 Å². The molecule has 0 unspecified atom stereocenters. The molecular weight excluding hydrogens is 398 g/mol. The van der Waals surface area contributed by atoms with Gasteiger partial charge in [0.25, 0.3) is 0 Å². The van der Waals surface area contributed by atoms with Gasteiger partial charge in [0.1, 0.15) is 22.3 Å². The van der Waals surface area contributed by atoms with E-state index in [2.05, 4.69) is 25.0 Å². The van der Waals surface area contributed by atoms with Crippen LogP contribution in [0.2, 0.25) is 0 Å². The first-order valence-corrected chi connectivity index (χ1v) is 11.9. The van der Waals surface area contributed by atoms with E-state index >= 15 is 0 Å². The normalized spacial score (nSPS) is 19.2. The fourth-order valence-corrected chi connectivity index (χ4v) is 6.14. The highest BCUT2D eigenvalue weighted by molar-refractivity contribution is 7.19. The number of nitrogens with one attached hydrogen (secondary N) is 1. The van der Waals surface area contributed by atoms with Crippen LogP contribution < -0.4 is 5.32 Å². The Hall–Kier alpha value is -2.10. The highest BCUT2D eigenvalue weighted by Crippen LogP contribution is 2.38. The van der Waals surface area contributed by atoms with Crippen LogP contribution in [-0.2, 0) is 43.6 Å². The molecule has 5 heterocycles. The Balaban J connectivity index is 1.34. The highest BCUT2D eigenvalue weighted by atomic mass is 32.1. The van der Waals surface area contributed by atoms with Crippen molar-refractivity contribution in [2.45, 2.75) is 58.2 Å². The van der Waals surface area contributed by atoms with Crippen molar-refractivity contribution in [2.24, 2.45) is 0 Å². The van der Waals surface area contributed by atoms with Crippen molar-refractivity contribution in [3.05, 3.63) is 27.9 Å². The molecule has 3 aromatic rings. The average Bonchev–Trinajstić information content (AvgIpc) is 3.47. The topological polar surface area (TPSA) is 81.0 Å². The summed E-state index contributed by atoms with van der Waals surface area (Å²) in [5.74, 6) is 3.99. The van der Waals surface area contributed by atoms with Gasteiger partial charge in [-0.2, -0.15) is 0 Å². The second-order valence-corrected chi connectivity index (χ2v) is 9.49. The smallest absolute Gasteiger partial charge is 0.152 e. The van der Waals surface area contributed by atoms with Crippen LogP contribution in [0.5, 0.6) is 0 Å². The molecule has 6 rings (SSSR count). The van der Waals surface area contributed by atoms with Crippen LogP contribution >= 0.6 is 11.3 Å². The van der Waals surface area contributed by atoms with Crippen LogP contribution in [0.4, 0.5) is 5.82 Å². The summed E-state index contributed by atoms with van der Waals surface area (Å²) in [5, 5.41) is 13.6. The Morgan fingerprint density at radius 3 is 2.80 bits per heavy atom. The van der Waals surface area contributed by atoms with E-state index in [4.69, 9.17) is 14.7 Å². The Labute approximate surface area is 179 Å². The monoisotopic (exact) mass is 425 g/mol. The molecule has 0 bridgehead atoms. The quantitative estimate of drug-likeness (QED) is 0.673. The Morgan fingerprint density at radius 1 is 0.967 bits per heavy atom. The van der Waals surface area contributed by atoms with Crippen molar-refractivity contribution in [1.82, 2.24) is 29.6 Å². The molecule has 1 saturated heterocycles. The van der Waals surface area contributed by atoms with Crippen LogP contribution in [0.25, 0.3) is 10.2 Å². The Bertz CT molecular complexity index is 1070. The second kappa shape index (κ2) is 7.86. The minimum absolute atomic E-state index is 0.653. The molecule has 0 saturated carbocycles. The van der Waals surface area contributed by atoms with Crippen LogP contribution in [0.15, 0.2) is 0 Å². The number of anilines is 1. The fraction of sp³-hybridized carbons (Fsp3) is 0.619. The lowest BCUT2D eigenvalue weighted by molar-refractivity contribution is 0.0331. The molecule has 0 atom stereocenters. The number of ether oxygens (including phenoxy) is 1. The average molecular weight is 426 g/mol. The minimum Gasteiger partial charge on any atom is -0.379 e. The summed E-state index contributed by atoms with van der Waals surface area (Å²) < 4.78 is 7.75. The lowest BCUT2D eigenvalue weighted by Crippen LogP contribution is -2.36. The van der Waals surface area contributed by atoms with E-state index in [-0.39, 0.29) is 0 Å². The molecule has 3 aliphatic rings. The summed E-state index contributed by atoms with van der Waals surface area (Å²) in [7, 11) is 0. The van der Waals surface area contributed by atoms with Gasteiger partial charge in [0.2, 0.25) is 0 Å². The van der Waals surface area contributed by atoms with Crippen LogP contribution in [0.1, 0.15) is 47.2 Å². The van der Waals surface area contributed by atoms with Crippen molar-refractivity contribution in [3.8, 4) is 0 Å². The number of thiophene rings is 1. The molecule has 3 aromatic heterocycles. The van der Waals surface area contributed by atoms with Crippen molar-refractivity contribution in [3.63, 3.8) is 0 Å². The lowest BCUT2D eigenvalue weighted by Gasteiger charge is -2.25. The summed E-state index contributed by atoms with van der Waals surface area (Å²) in [6.45, 7) is 5.91. The number of fused-ring (bicyclic) bond motifs is 4. The molecule has 30 heavy (non-hydrogen) atoms. The SMILES string of the molecule is C1CCc2c(sc3nc(CN4CCOCC4)nc(NCc4nnc5n4CCC5)c23)C1. The molecule has 0 amide bonds. The Morgan fingerprint density at radius 2 is 1.87 bits per heavy atom. The zero-order valence-corrected chi connectivity index (χ0v) is 18.0. The van der Waals surface area contributed by atoms with Crippen molar-refractivity contribution in [2.75, 3.05) is 31.6 Å². The predicted octanol–water partition coefficient (Wildman–Crippen LogP) is 2.55. The summed E-state index contributed by atoms with van der Waals surface area (Å²) in [6, 6.07) is 0. The lowest BCUT2D eigenvalue weighted by atomic mass is 9.97. The minimum atomic E-state index is 0.653. The Kier molecular flexibility index (Phi) is 4.89. The number of nitrogens with zero attached hydrogens (tertiary/aromatic N) is 6. The van der Waals surface area contributed by atoms with Crippen molar-refractivity contribution in [1.29, 1.82) is 0 Å². The third-order valence-electron chi connectivity index (χ3n) is 6.43. The standard InChI is InChI=1S/C21H27N7OS/c1-2-5-15-14(4-1)19-20(22-12-18-26-25-17-6-3-7-28(17)18)23-16(24-21(19)30-15)13-27-8-10-29-11-9-27/h1-13H2,(H,22,23,24). The zero-order valence-electron chi connectivity index (χ0n) is 17.2. The van der Waals surface area contributed by atoms with Crippen LogP contribution in [0, 0.1) is 0 Å². The van der Waals surface area contributed by atoms with Gasteiger partial charge in [0.05, 0.1) is 31.7 Å². The molecule has 1 N–H and O–H groups in total. The second-order valence-electron chi connectivity index (χ2n) is 8.41. The number of hydrogen-bond acceptors (Lipinski definition) is 8. The zero-order chi connectivity index (χ0) is 19.9. The maximum Gasteiger partial charge on any atom is 0.152 e. The van der Waals surface area contributed by atoms with Crippen molar-refractivity contribution < 1.29 is 4.74 Å². The molecule has 1 fully saturated rings. The first-order chi connectivity index (χ1) is 14.8. The number of morpholine rings is 1. The maximum absolute atomic E-state index is 5.49. The summed E-state index contributed by atoms with van der Waals surface area (Å²) >= 11 is 1.87. The highest BCUT2D eigenvalue weighted by Gasteiger charge is 2.23. The summed E-state index contributed by atoms with van der Waals surface area (Å²) in [6.07, 6.45) is 7.04. The first-order valence-electron chi connectivity index (χ1n) is 11.1. The molecule has 9 heteroatoms. The van der Waals surface area contributed by atoms with Gasteiger partial charge >= 0.3 is 0 Å². The van der Waals surface area contributed by atoms with Gasteiger partial charge in [-0.15, -0.1) is 21.5 Å². The third kappa shape index (κ3) is 3.38. The van der Waals surface area contributed by atoms with Gasteiger partial charge in [0, 0.05) is 30.9 Å². The van der Waals surface area contributed by atoms with Crippen molar-refractivity contribution >= 4 is 27.4 Å².